The summed E-state index contributed by atoms with van der Waals surface area (Å²) in [7, 11) is 0. The number of piperidine rings is 2. The number of carbonyl (C=O) groups excluding carboxylic acids is 2. The van der Waals surface area contributed by atoms with E-state index in [1.807, 2.05) is 31.7 Å². The van der Waals surface area contributed by atoms with Crippen LogP contribution in [-0.4, -0.2) is 55.7 Å². The number of amides is 2. The summed E-state index contributed by atoms with van der Waals surface area (Å²) in [5.74, 6) is 0.0388. The molecule has 0 aromatic heterocycles. The van der Waals surface area contributed by atoms with Gasteiger partial charge >= 0.3 is 6.09 Å². The Labute approximate surface area is 178 Å². The molecule has 0 saturated carbocycles. The van der Waals surface area contributed by atoms with Gasteiger partial charge in [0.2, 0.25) is 5.91 Å². The van der Waals surface area contributed by atoms with Crippen molar-refractivity contribution in [2.75, 3.05) is 37.7 Å². The summed E-state index contributed by atoms with van der Waals surface area (Å²) in [5, 5.41) is 3.17. The molecule has 1 aromatic rings. The van der Waals surface area contributed by atoms with Crippen molar-refractivity contribution >= 4 is 17.7 Å². The lowest BCUT2D eigenvalue weighted by Gasteiger charge is -2.36. The Morgan fingerprint density at radius 3 is 2.63 bits per heavy atom. The first-order valence-electron chi connectivity index (χ1n) is 11.1. The molecule has 0 bridgehead atoms. The molecule has 2 aliphatic heterocycles. The second kappa shape index (κ2) is 10.1. The van der Waals surface area contributed by atoms with E-state index in [2.05, 4.69) is 5.32 Å². The Morgan fingerprint density at radius 1 is 1.20 bits per heavy atom. The largest absolute Gasteiger partial charge is 0.449 e. The van der Waals surface area contributed by atoms with Crippen molar-refractivity contribution in [3.8, 4) is 0 Å². The molecule has 0 spiro atoms. The second-order valence-corrected chi connectivity index (χ2v) is 8.98. The highest BCUT2D eigenvalue weighted by Crippen LogP contribution is 2.25. The van der Waals surface area contributed by atoms with Crippen LogP contribution in [0.2, 0.25) is 0 Å². The molecule has 2 amide bonds. The highest BCUT2D eigenvalue weighted by molar-refractivity contribution is 5.79. The van der Waals surface area contributed by atoms with Crippen molar-refractivity contribution in [3.63, 3.8) is 0 Å². The van der Waals surface area contributed by atoms with Crippen molar-refractivity contribution < 1.29 is 18.7 Å². The van der Waals surface area contributed by atoms with Crippen LogP contribution in [-0.2, 0) is 9.53 Å². The first kappa shape index (κ1) is 22.4. The molecule has 166 valence electrons. The number of hydrogen-bond donors (Lipinski definition) is 1. The number of rotatable bonds is 5. The van der Waals surface area contributed by atoms with Gasteiger partial charge in [-0.25, -0.2) is 9.18 Å². The van der Waals surface area contributed by atoms with E-state index in [1.165, 1.54) is 6.07 Å². The number of likely N-dealkylation sites (tertiary alicyclic amines) is 1. The van der Waals surface area contributed by atoms with Gasteiger partial charge in [0.25, 0.3) is 0 Å². The van der Waals surface area contributed by atoms with E-state index < -0.39 is 0 Å². The topological polar surface area (TPSA) is 61.9 Å². The monoisotopic (exact) mass is 419 g/mol. The number of benzene rings is 1. The zero-order chi connectivity index (χ0) is 21.7. The minimum Gasteiger partial charge on any atom is -0.449 e. The highest BCUT2D eigenvalue weighted by Gasteiger charge is 2.30. The van der Waals surface area contributed by atoms with Crippen molar-refractivity contribution in [2.24, 2.45) is 11.8 Å². The molecule has 2 heterocycles. The second-order valence-electron chi connectivity index (χ2n) is 8.98. The highest BCUT2D eigenvalue weighted by atomic mass is 19.1. The van der Waals surface area contributed by atoms with E-state index in [1.54, 1.807) is 11.0 Å². The molecule has 1 atom stereocenters. The Balaban J connectivity index is 1.48. The molecule has 2 saturated heterocycles. The van der Waals surface area contributed by atoms with E-state index in [9.17, 15) is 14.0 Å². The average molecular weight is 420 g/mol. The van der Waals surface area contributed by atoms with E-state index in [0.717, 1.165) is 24.9 Å². The molecule has 2 fully saturated rings. The van der Waals surface area contributed by atoms with Crippen molar-refractivity contribution in [2.45, 2.75) is 52.5 Å². The maximum atomic E-state index is 14.3. The fraction of sp³-hybridized carbons (Fsp3) is 0.652. The Morgan fingerprint density at radius 2 is 1.93 bits per heavy atom. The number of nitrogens with one attached hydrogen (secondary N) is 1. The number of aryl methyl sites for hydroxylation is 1. The summed E-state index contributed by atoms with van der Waals surface area (Å²) < 4.78 is 19.5. The molecular weight excluding hydrogens is 385 g/mol. The van der Waals surface area contributed by atoms with Gasteiger partial charge < -0.3 is 19.9 Å². The fourth-order valence-electron chi connectivity index (χ4n) is 4.15. The lowest BCUT2D eigenvalue weighted by Crippen LogP contribution is -2.51. The third kappa shape index (κ3) is 5.86. The standard InChI is InChI=1S/C23H34FN3O3/c1-16(2)15-30-23(29)26-11-8-18(9-12-26)22(28)25-19-5-4-10-27(14-19)21-13-17(3)6-7-20(21)24/h6-7,13,16,18-19H,4-5,8-12,14-15H2,1-3H3,(H,25,28). The number of nitrogens with zero attached hydrogens (tertiary/aromatic N) is 2. The van der Waals surface area contributed by atoms with Gasteiger partial charge in [-0.2, -0.15) is 0 Å². The number of ether oxygens (including phenoxy) is 1. The lowest BCUT2D eigenvalue weighted by atomic mass is 9.95. The van der Waals surface area contributed by atoms with Gasteiger partial charge in [0.1, 0.15) is 5.82 Å². The number of hydrogen-bond acceptors (Lipinski definition) is 4. The molecule has 0 aliphatic carbocycles. The number of halogens is 1. The molecule has 1 N–H and O–H groups in total. The van der Waals surface area contributed by atoms with Crippen LogP contribution in [0.4, 0.5) is 14.9 Å². The van der Waals surface area contributed by atoms with Crippen LogP contribution in [0.5, 0.6) is 0 Å². The molecule has 3 rings (SSSR count). The third-order valence-corrected chi connectivity index (χ3v) is 5.87. The summed E-state index contributed by atoms with van der Waals surface area (Å²) in [6.07, 6.45) is 2.82. The van der Waals surface area contributed by atoms with Crippen LogP contribution in [0.25, 0.3) is 0 Å². The van der Waals surface area contributed by atoms with Gasteiger partial charge in [0, 0.05) is 38.1 Å². The van der Waals surface area contributed by atoms with E-state index >= 15 is 0 Å². The zero-order valence-electron chi connectivity index (χ0n) is 18.3. The number of carbonyl (C=O) groups is 2. The minimum absolute atomic E-state index is 0.0141. The van der Waals surface area contributed by atoms with Crippen molar-refractivity contribution in [3.05, 3.63) is 29.6 Å². The van der Waals surface area contributed by atoms with Gasteiger partial charge in [0.05, 0.1) is 12.3 Å². The molecule has 1 aromatic carbocycles. The van der Waals surface area contributed by atoms with Crippen LogP contribution < -0.4 is 10.2 Å². The summed E-state index contributed by atoms with van der Waals surface area (Å²) in [6.45, 7) is 8.87. The lowest BCUT2D eigenvalue weighted by molar-refractivity contribution is -0.127. The zero-order valence-corrected chi connectivity index (χ0v) is 18.3. The maximum Gasteiger partial charge on any atom is 0.409 e. The van der Waals surface area contributed by atoms with E-state index in [-0.39, 0.29) is 29.8 Å². The SMILES string of the molecule is Cc1ccc(F)c(N2CCCC(NC(=O)C3CCN(C(=O)OCC(C)C)CC3)C2)c1. The molecular formula is C23H34FN3O3. The molecule has 1 unspecified atom stereocenters. The predicted octanol–water partition coefficient (Wildman–Crippen LogP) is 3.72. The van der Waals surface area contributed by atoms with Gasteiger partial charge in [-0.15, -0.1) is 0 Å². The summed E-state index contributed by atoms with van der Waals surface area (Å²) >= 11 is 0. The van der Waals surface area contributed by atoms with Crippen LogP contribution in [0.1, 0.15) is 45.1 Å². The van der Waals surface area contributed by atoms with Crippen LogP contribution in [0.3, 0.4) is 0 Å². The molecule has 6 nitrogen and oxygen atoms in total. The van der Waals surface area contributed by atoms with Gasteiger partial charge in [-0.1, -0.05) is 19.9 Å². The first-order chi connectivity index (χ1) is 14.3. The van der Waals surface area contributed by atoms with E-state index in [4.69, 9.17) is 4.74 Å². The van der Waals surface area contributed by atoms with Crippen LogP contribution >= 0.6 is 0 Å². The van der Waals surface area contributed by atoms with Crippen LogP contribution in [0, 0.1) is 24.6 Å². The number of anilines is 1. The van der Waals surface area contributed by atoms with Gasteiger partial charge in [-0.05, 0) is 56.2 Å². The Kier molecular flexibility index (Phi) is 7.56. The molecule has 2 aliphatic rings. The Hall–Kier alpha value is -2.31. The molecule has 30 heavy (non-hydrogen) atoms. The Bertz CT molecular complexity index is 747. The van der Waals surface area contributed by atoms with Gasteiger partial charge in [-0.3, -0.25) is 4.79 Å². The summed E-state index contributed by atoms with van der Waals surface area (Å²) in [4.78, 5) is 28.6. The van der Waals surface area contributed by atoms with E-state index in [0.29, 0.717) is 50.7 Å². The van der Waals surface area contributed by atoms with Gasteiger partial charge in [0.15, 0.2) is 0 Å². The normalized spacial score (nSPS) is 20.4. The van der Waals surface area contributed by atoms with Crippen LogP contribution in [0.15, 0.2) is 18.2 Å². The maximum absolute atomic E-state index is 14.3. The average Bonchev–Trinajstić information content (AvgIpc) is 2.74. The predicted molar refractivity (Wildman–Crippen MR) is 115 cm³/mol. The summed E-state index contributed by atoms with van der Waals surface area (Å²) in [6, 6.07) is 5.16. The quantitative estimate of drug-likeness (QED) is 0.790. The molecule has 7 heteroatoms. The molecule has 0 radical (unpaired) electrons. The fourth-order valence-corrected chi connectivity index (χ4v) is 4.15. The van der Waals surface area contributed by atoms with Crippen molar-refractivity contribution in [1.29, 1.82) is 0 Å². The smallest absolute Gasteiger partial charge is 0.409 e. The van der Waals surface area contributed by atoms with Crippen molar-refractivity contribution in [1.82, 2.24) is 10.2 Å². The first-order valence-corrected chi connectivity index (χ1v) is 11.1. The third-order valence-electron chi connectivity index (χ3n) is 5.87. The minimum atomic E-state index is -0.286. The summed E-state index contributed by atoms with van der Waals surface area (Å²) in [5.41, 5.74) is 1.64.